The van der Waals surface area contributed by atoms with Gasteiger partial charge in [-0.2, -0.15) is 0 Å². The number of ether oxygens (including phenoxy) is 1. The third-order valence-corrected chi connectivity index (χ3v) is 5.78. The van der Waals surface area contributed by atoms with Crippen LogP contribution in [0.3, 0.4) is 0 Å². The Morgan fingerprint density at radius 1 is 0.964 bits per heavy atom. The topological polar surface area (TPSA) is 29.5 Å². The van der Waals surface area contributed by atoms with E-state index in [2.05, 4.69) is 0 Å². The zero-order valence-electron chi connectivity index (χ0n) is 14.9. The maximum Gasteiger partial charge on any atom is 0.323 e. The number of hydrogen-bond acceptors (Lipinski definition) is 3. The number of halogens is 5. The number of likely N-dealkylation sites (tertiary alicyclic amines) is 1. The molecule has 3 rings (SSSR count). The SMILES string of the molecule is O=C(OCc1ccccc1)[C@@H]1CCCN1Cc1ccc(S(F)(F)(F)(F)F)cc1. The summed E-state index contributed by atoms with van der Waals surface area (Å²) in [6.45, 7) is 0.905. The highest BCUT2D eigenvalue weighted by Crippen LogP contribution is 3.02. The van der Waals surface area contributed by atoms with Crippen LogP contribution in [0.1, 0.15) is 24.0 Å². The van der Waals surface area contributed by atoms with Crippen molar-refractivity contribution in [3.63, 3.8) is 0 Å². The van der Waals surface area contributed by atoms with Crippen molar-refractivity contribution in [1.29, 1.82) is 0 Å². The Labute approximate surface area is 159 Å². The maximum atomic E-state index is 12.8. The van der Waals surface area contributed by atoms with Gasteiger partial charge in [0.25, 0.3) is 0 Å². The molecule has 3 nitrogen and oxygen atoms in total. The molecule has 9 heteroatoms. The fraction of sp³-hybridized carbons (Fsp3) is 0.316. The van der Waals surface area contributed by atoms with Crippen molar-refractivity contribution >= 4 is 16.2 Å². The van der Waals surface area contributed by atoms with Gasteiger partial charge in [-0.05, 0) is 42.6 Å². The third-order valence-electron chi connectivity index (χ3n) is 4.61. The highest BCUT2D eigenvalue weighted by molar-refractivity contribution is 8.45. The predicted octanol–water partition coefficient (Wildman–Crippen LogP) is 6.05. The van der Waals surface area contributed by atoms with Crippen molar-refractivity contribution < 1.29 is 29.0 Å². The van der Waals surface area contributed by atoms with Crippen LogP contribution in [0.2, 0.25) is 0 Å². The van der Waals surface area contributed by atoms with E-state index < -0.39 is 27.1 Å². The Bertz CT molecular complexity index is 841. The lowest BCUT2D eigenvalue weighted by molar-refractivity contribution is -0.150. The molecule has 2 aromatic rings. The second kappa shape index (κ2) is 6.73. The van der Waals surface area contributed by atoms with E-state index in [-0.39, 0.29) is 13.2 Å². The van der Waals surface area contributed by atoms with E-state index in [1.54, 1.807) is 4.90 Å². The second-order valence-corrected chi connectivity index (χ2v) is 9.24. The Kier molecular flexibility index (Phi) is 4.95. The average Bonchev–Trinajstić information content (AvgIpc) is 3.07. The lowest BCUT2D eigenvalue weighted by Crippen LogP contribution is -2.36. The van der Waals surface area contributed by atoms with Gasteiger partial charge in [0.1, 0.15) is 17.5 Å². The first-order valence-electron chi connectivity index (χ1n) is 8.70. The Morgan fingerprint density at radius 2 is 1.61 bits per heavy atom. The fourth-order valence-corrected chi connectivity index (χ4v) is 3.84. The van der Waals surface area contributed by atoms with Crippen LogP contribution in [0.15, 0.2) is 59.5 Å². The molecule has 2 aromatic carbocycles. The Morgan fingerprint density at radius 3 is 2.21 bits per heavy atom. The predicted molar refractivity (Wildman–Crippen MR) is 97.5 cm³/mol. The summed E-state index contributed by atoms with van der Waals surface area (Å²) in [5.41, 5.74) is 1.28. The molecule has 154 valence electrons. The van der Waals surface area contributed by atoms with Crippen LogP contribution in [0, 0.1) is 0 Å². The molecule has 0 unspecified atom stereocenters. The smallest absolute Gasteiger partial charge is 0.323 e. The summed E-state index contributed by atoms with van der Waals surface area (Å²) in [4.78, 5) is 12.3. The van der Waals surface area contributed by atoms with Crippen molar-refractivity contribution in [1.82, 2.24) is 4.90 Å². The summed E-state index contributed by atoms with van der Waals surface area (Å²) in [6.07, 6.45) is 1.33. The van der Waals surface area contributed by atoms with Crippen molar-refractivity contribution in [3.8, 4) is 0 Å². The fourth-order valence-electron chi connectivity index (χ4n) is 3.19. The molecule has 1 fully saturated rings. The van der Waals surface area contributed by atoms with Crippen LogP contribution in [0.5, 0.6) is 0 Å². The van der Waals surface area contributed by atoms with Gasteiger partial charge in [0.2, 0.25) is 0 Å². The van der Waals surface area contributed by atoms with E-state index in [9.17, 15) is 24.2 Å². The van der Waals surface area contributed by atoms with E-state index >= 15 is 0 Å². The molecule has 1 atom stereocenters. The first-order chi connectivity index (χ1) is 12.9. The number of esters is 1. The number of benzene rings is 2. The molecule has 0 N–H and O–H groups in total. The minimum atomic E-state index is -9.67. The van der Waals surface area contributed by atoms with Crippen LogP contribution in [-0.4, -0.2) is 23.5 Å². The third kappa shape index (κ3) is 5.23. The monoisotopic (exact) mass is 421 g/mol. The zero-order valence-corrected chi connectivity index (χ0v) is 15.7. The number of carbonyl (C=O) groups excluding carboxylic acids is 1. The summed E-state index contributed by atoms with van der Waals surface area (Å²) in [5, 5.41) is 0. The Balaban J connectivity index is 1.63. The van der Waals surface area contributed by atoms with E-state index in [1.165, 1.54) is 0 Å². The minimum Gasteiger partial charge on any atom is -0.460 e. The molecule has 1 heterocycles. The van der Waals surface area contributed by atoms with E-state index in [0.29, 0.717) is 30.7 Å². The molecule has 1 saturated heterocycles. The average molecular weight is 421 g/mol. The zero-order chi connectivity index (χ0) is 20.5. The van der Waals surface area contributed by atoms with Gasteiger partial charge in [0, 0.05) is 6.54 Å². The minimum absolute atomic E-state index is 0.141. The quantitative estimate of drug-likeness (QED) is 0.420. The summed E-state index contributed by atoms with van der Waals surface area (Å²) >= 11 is 0. The number of rotatable bonds is 6. The molecule has 0 bridgehead atoms. The highest BCUT2D eigenvalue weighted by Gasteiger charge is 2.65. The maximum absolute atomic E-state index is 12.8. The largest absolute Gasteiger partial charge is 0.460 e. The molecule has 0 aliphatic carbocycles. The van der Waals surface area contributed by atoms with Gasteiger partial charge in [0.15, 0.2) is 0 Å². The lowest BCUT2D eigenvalue weighted by atomic mass is 10.2. The summed E-state index contributed by atoms with van der Waals surface area (Å²) in [5.74, 6) is -0.398. The molecule has 28 heavy (non-hydrogen) atoms. The van der Waals surface area contributed by atoms with Gasteiger partial charge in [-0.3, -0.25) is 9.69 Å². The van der Waals surface area contributed by atoms with Gasteiger partial charge in [-0.25, -0.2) is 0 Å². The summed E-state index contributed by atoms with van der Waals surface area (Å²) in [7, 11) is -9.67. The molecule has 0 aromatic heterocycles. The molecule has 0 spiro atoms. The first-order valence-corrected chi connectivity index (χ1v) is 10.7. The van der Waals surface area contributed by atoms with Crippen LogP contribution in [-0.2, 0) is 22.7 Å². The Hall–Kier alpha value is -2.13. The second-order valence-electron chi connectivity index (χ2n) is 6.83. The molecule has 1 aliphatic heterocycles. The van der Waals surface area contributed by atoms with Crippen molar-refractivity contribution in [2.45, 2.75) is 36.9 Å². The van der Waals surface area contributed by atoms with Crippen LogP contribution < -0.4 is 0 Å². The number of hydrogen-bond donors (Lipinski definition) is 0. The van der Waals surface area contributed by atoms with E-state index in [1.807, 2.05) is 30.3 Å². The standard InChI is InChI=1S/C19H20F5NO2S/c20-28(21,22,23,24)17-10-8-15(9-11-17)13-25-12-4-7-18(25)19(26)27-14-16-5-2-1-3-6-16/h1-3,5-6,8-11,18H,4,7,12-14H2/t18-/m0/s1. The van der Waals surface area contributed by atoms with Crippen molar-refractivity contribution in [2.75, 3.05) is 6.54 Å². The van der Waals surface area contributed by atoms with Crippen molar-refractivity contribution in [3.05, 3.63) is 65.7 Å². The molecule has 0 saturated carbocycles. The van der Waals surface area contributed by atoms with Gasteiger partial charge < -0.3 is 4.74 Å². The van der Waals surface area contributed by atoms with Gasteiger partial charge in [-0.15, -0.1) is 0 Å². The summed E-state index contributed by atoms with van der Waals surface area (Å²) < 4.78 is 69.4. The highest BCUT2D eigenvalue weighted by atomic mass is 32.5. The van der Waals surface area contributed by atoms with Gasteiger partial charge in [0.05, 0.1) is 0 Å². The van der Waals surface area contributed by atoms with Gasteiger partial charge >= 0.3 is 16.2 Å². The lowest BCUT2D eigenvalue weighted by Gasteiger charge is -2.40. The van der Waals surface area contributed by atoms with Crippen LogP contribution in [0.4, 0.5) is 19.4 Å². The molecular weight excluding hydrogens is 401 g/mol. The molecule has 0 radical (unpaired) electrons. The van der Waals surface area contributed by atoms with Crippen LogP contribution in [0.25, 0.3) is 0 Å². The normalized spacial score (nSPS) is 20.4. The molecule has 0 amide bonds. The van der Waals surface area contributed by atoms with E-state index in [0.717, 1.165) is 24.1 Å². The number of nitrogens with zero attached hydrogens (tertiary/aromatic N) is 1. The van der Waals surface area contributed by atoms with Gasteiger partial charge in [-0.1, -0.05) is 61.9 Å². The molecule has 1 aliphatic rings. The molecular formula is C19H20F5NO2S. The number of carbonyl (C=O) groups is 1. The van der Waals surface area contributed by atoms with E-state index in [4.69, 9.17) is 4.74 Å². The summed E-state index contributed by atoms with van der Waals surface area (Å²) in [6, 6.07) is 11.5. The van der Waals surface area contributed by atoms with Crippen molar-refractivity contribution in [2.24, 2.45) is 0 Å². The first kappa shape index (κ1) is 20.6. The van der Waals surface area contributed by atoms with Crippen LogP contribution >= 0.6 is 10.2 Å².